The lowest BCUT2D eigenvalue weighted by Gasteiger charge is -2.31. The van der Waals surface area contributed by atoms with Crippen LogP contribution in [0.4, 0.5) is 5.95 Å². The predicted molar refractivity (Wildman–Crippen MR) is 89.0 cm³/mol. The Kier molecular flexibility index (Phi) is 4.29. The van der Waals surface area contributed by atoms with E-state index < -0.39 is 0 Å². The Morgan fingerprint density at radius 2 is 1.90 bits per heavy atom. The van der Waals surface area contributed by atoms with Gasteiger partial charge in [0.25, 0.3) is 0 Å². The van der Waals surface area contributed by atoms with Crippen LogP contribution in [0.3, 0.4) is 0 Å². The summed E-state index contributed by atoms with van der Waals surface area (Å²) in [6.07, 6.45) is 2.41. The highest BCUT2D eigenvalue weighted by Gasteiger charge is 2.20. The van der Waals surface area contributed by atoms with Crippen LogP contribution in [0.15, 0.2) is 12.1 Å². The molecular formula is C15H20Cl2N4. The van der Waals surface area contributed by atoms with Crippen molar-refractivity contribution in [2.75, 3.05) is 25.4 Å². The molecule has 0 amide bonds. The number of nitrogens with zero attached hydrogens (tertiary/aromatic N) is 3. The number of nitrogens with two attached hydrogens (primary N) is 1. The van der Waals surface area contributed by atoms with Gasteiger partial charge in [-0.1, -0.05) is 30.1 Å². The van der Waals surface area contributed by atoms with Crippen molar-refractivity contribution in [2.45, 2.75) is 26.3 Å². The summed E-state index contributed by atoms with van der Waals surface area (Å²) in [4.78, 5) is 6.89. The summed E-state index contributed by atoms with van der Waals surface area (Å²) in [7, 11) is 0. The van der Waals surface area contributed by atoms with E-state index >= 15 is 0 Å². The van der Waals surface area contributed by atoms with E-state index in [2.05, 4.69) is 21.4 Å². The first kappa shape index (κ1) is 14.9. The van der Waals surface area contributed by atoms with Gasteiger partial charge < -0.3 is 15.2 Å². The van der Waals surface area contributed by atoms with E-state index in [0.29, 0.717) is 21.9 Å². The molecule has 1 aliphatic rings. The minimum absolute atomic E-state index is 0.519. The molecule has 1 saturated heterocycles. The third-order valence-corrected chi connectivity index (χ3v) is 5.14. The van der Waals surface area contributed by atoms with E-state index in [4.69, 9.17) is 28.9 Å². The molecule has 21 heavy (non-hydrogen) atoms. The third-order valence-electron chi connectivity index (χ3n) is 4.41. The topological polar surface area (TPSA) is 47.1 Å². The second-order valence-corrected chi connectivity index (χ2v) is 6.53. The molecule has 0 radical (unpaired) electrons. The summed E-state index contributed by atoms with van der Waals surface area (Å²) in [5, 5.41) is 1.07. The first-order valence-electron chi connectivity index (χ1n) is 7.41. The summed E-state index contributed by atoms with van der Waals surface area (Å²) in [5.41, 5.74) is 7.86. The lowest BCUT2D eigenvalue weighted by molar-refractivity contribution is 0.182. The molecule has 0 spiro atoms. The predicted octanol–water partition coefficient (Wildman–Crippen LogP) is 3.66. The molecule has 6 heteroatoms. The van der Waals surface area contributed by atoms with Crippen molar-refractivity contribution < 1.29 is 0 Å². The average molecular weight is 327 g/mol. The second kappa shape index (κ2) is 6.03. The summed E-state index contributed by atoms with van der Waals surface area (Å²) in [6.45, 7) is 6.59. The number of fused-ring (bicyclic) bond motifs is 1. The lowest BCUT2D eigenvalue weighted by atomic mass is 9.96. The Morgan fingerprint density at radius 1 is 1.24 bits per heavy atom. The number of anilines is 1. The molecule has 0 aliphatic carbocycles. The van der Waals surface area contributed by atoms with Crippen molar-refractivity contribution in [3.63, 3.8) is 0 Å². The lowest BCUT2D eigenvalue weighted by Crippen LogP contribution is -2.34. The number of aromatic nitrogens is 2. The first-order chi connectivity index (χ1) is 10.1. The van der Waals surface area contributed by atoms with Crippen LogP contribution in [0.1, 0.15) is 19.8 Å². The van der Waals surface area contributed by atoms with Crippen LogP contribution in [-0.2, 0) is 6.54 Å². The summed E-state index contributed by atoms with van der Waals surface area (Å²) >= 11 is 12.2. The Morgan fingerprint density at radius 3 is 2.57 bits per heavy atom. The fraction of sp³-hybridized carbons (Fsp3) is 0.533. The van der Waals surface area contributed by atoms with Crippen molar-refractivity contribution in [1.29, 1.82) is 0 Å². The number of hydrogen-bond donors (Lipinski definition) is 1. The maximum absolute atomic E-state index is 6.13. The van der Waals surface area contributed by atoms with E-state index in [-0.39, 0.29) is 0 Å². The number of rotatable bonds is 3. The molecule has 2 heterocycles. The van der Waals surface area contributed by atoms with E-state index in [1.54, 1.807) is 6.07 Å². The van der Waals surface area contributed by atoms with Gasteiger partial charge in [0.05, 0.1) is 21.1 Å². The van der Waals surface area contributed by atoms with Crippen molar-refractivity contribution in [3.8, 4) is 0 Å². The van der Waals surface area contributed by atoms with Crippen molar-refractivity contribution in [3.05, 3.63) is 22.2 Å². The summed E-state index contributed by atoms with van der Waals surface area (Å²) in [5.74, 6) is 1.18. The third kappa shape index (κ3) is 2.98. The van der Waals surface area contributed by atoms with Crippen LogP contribution >= 0.6 is 23.2 Å². The van der Waals surface area contributed by atoms with Crippen molar-refractivity contribution >= 4 is 40.2 Å². The Balaban J connectivity index is 1.84. The molecule has 1 aromatic carbocycles. The van der Waals surface area contributed by atoms with E-state index in [9.17, 15) is 0 Å². The maximum Gasteiger partial charge on any atom is 0.201 e. The van der Waals surface area contributed by atoms with Crippen molar-refractivity contribution in [1.82, 2.24) is 14.5 Å². The maximum atomic E-state index is 6.13. The molecule has 114 valence electrons. The van der Waals surface area contributed by atoms with Gasteiger partial charge in [0, 0.05) is 6.54 Å². The number of piperidine rings is 1. The first-order valence-corrected chi connectivity index (χ1v) is 8.17. The van der Waals surface area contributed by atoms with Gasteiger partial charge in [-0.3, -0.25) is 0 Å². The van der Waals surface area contributed by atoms with Gasteiger partial charge in [0.1, 0.15) is 0 Å². The van der Waals surface area contributed by atoms with Gasteiger partial charge in [-0.05, 0) is 50.5 Å². The van der Waals surface area contributed by atoms with Gasteiger partial charge in [-0.2, -0.15) is 0 Å². The van der Waals surface area contributed by atoms with E-state index in [1.165, 1.54) is 25.9 Å². The average Bonchev–Trinajstić information content (AvgIpc) is 2.76. The largest absolute Gasteiger partial charge is 0.369 e. The Labute approximate surface area is 134 Å². The molecule has 1 aromatic heterocycles. The number of halogens is 2. The summed E-state index contributed by atoms with van der Waals surface area (Å²) in [6, 6.07) is 3.65. The Hall–Kier alpha value is -0.970. The summed E-state index contributed by atoms with van der Waals surface area (Å²) < 4.78 is 2.07. The number of hydrogen-bond acceptors (Lipinski definition) is 3. The normalized spacial score (nSPS) is 17.7. The van der Waals surface area contributed by atoms with E-state index in [0.717, 1.165) is 24.1 Å². The smallest absolute Gasteiger partial charge is 0.201 e. The minimum Gasteiger partial charge on any atom is -0.369 e. The number of likely N-dealkylation sites (tertiary alicyclic amines) is 1. The molecule has 4 nitrogen and oxygen atoms in total. The van der Waals surface area contributed by atoms with Crippen molar-refractivity contribution in [2.24, 2.45) is 5.92 Å². The molecule has 2 aromatic rings. The van der Waals surface area contributed by atoms with Gasteiger partial charge in [0.2, 0.25) is 5.95 Å². The minimum atomic E-state index is 0.519. The van der Waals surface area contributed by atoms with E-state index in [1.807, 2.05) is 6.07 Å². The van der Waals surface area contributed by atoms with Crippen LogP contribution in [0.25, 0.3) is 11.0 Å². The fourth-order valence-electron chi connectivity index (χ4n) is 3.07. The van der Waals surface area contributed by atoms with Crippen LogP contribution in [-0.4, -0.2) is 34.1 Å². The highest BCUT2D eigenvalue weighted by Crippen LogP contribution is 2.30. The monoisotopic (exact) mass is 326 g/mol. The molecule has 1 aliphatic heterocycles. The van der Waals surface area contributed by atoms with Gasteiger partial charge in [0.15, 0.2) is 0 Å². The molecule has 0 bridgehead atoms. The van der Waals surface area contributed by atoms with Crippen LogP contribution in [0, 0.1) is 5.92 Å². The number of imidazole rings is 1. The quantitative estimate of drug-likeness (QED) is 0.936. The van der Waals surface area contributed by atoms with Gasteiger partial charge in [-0.15, -0.1) is 0 Å². The molecular weight excluding hydrogens is 307 g/mol. The molecule has 0 atom stereocenters. The SMILES string of the molecule is CCN1CCC(Cn2c(N)nc3cc(Cl)c(Cl)cc32)CC1. The highest BCUT2D eigenvalue weighted by atomic mass is 35.5. The number of nitrogen functional groups attached to an aromatic ring is 1. The highest BCUT2D eigenvalue weighted by molar-refractivity contribution is 6.42. The Bertz CT molecular complexity index is 645. The fourth-order valence-corrected chi connectivity index (χ4v) is 3.39. The molecule has 1 fully saturated rings. The molecule has 3 rings (SSSR count). The standard InChI is InChI=1S/C15H20Cl2N4/c1-2-20-5-3-10(4-6-20)9-21-14-8-12(17)11(16)7-13(14)19-15(21)18/h7-8,10H,2-6,9H2,1H3,(H2,18,19). The number of benzene rings is 1. The van der Waals surface area contributed by atoms with Gasteiger partial charge in [-0.25, -0.2) is 4.98 Å². The van der Waals surface area contributed by atoms with Crippen LogP contribution < -0.4 is 5.73 Å². The van der Waals surface area contributed by atoms with Gasteiger partial charge >= 0.3 is 0 Å². The zero-order valence-corrected chi connectivity index (χ0v) is 13.7. The van der Waals surface area contributed by atoms with Crippen LogP contribution in [0.5, 0.6) is 0 Å². The molecule has 0 saturated carbocycles. The molecule has 2 N–H and O–H groups in total. The second-order valence-electron chi connectivity index (χ2n) is 5.71. The zero-order chi connectivity index (χ0) is 15.0. The van der Waals surface area contributed by atoms with Crippen LogP contribution in [0.2, 0.25) is 10.0 Å². The zero-order valence-electron chi connectivity index (χ0n) is 12.1. The molecule has 0 unspecified atom stereocenters.